The predicted octanol–water partition coefficient (Wildman–Crippen LogP) is 9.27. The molecule has 0 aromatic carbocycles. The summed E-state index contributed by atoms with van der Waals surface area (Å²) in [4.78, 5) is 38.1. The van der Waals surface area contributed by atoms with Crippen molar-refractivity contribution in [3.05, 3.63) is 23.8 Å². The number of ether oxygens (including phenoxy) is 2. The number of esters is 1. The van der Waals surface area contributed by atoms with Gasteiger partial charge in [-0.1, -0.05) is 77.4 Å². The van der Waals surface area contributed by atoms with E-state index in [9.17, 15) is 14.4 Å². The Kier molecular flexibility index (Phi) is 12.0. The van der Waals surface area contributed by atoms with Crippen LogP contribution in [0.2, 0.25) is 0 Å². The summed E-state index contributed by atoms with van der Waals surface area (Å²) in [7, 11) is 0. The molecule has 0 radical (unpaired) electrons. The molecule has 4 fully saturated rings. The van der Waals surface area contributed by atoms with Gasteiger partial charge in [-0.2, -0.15) is 0 Å². The summed E-state index contributed by atoms with van der Waals surface area (Å²) in [6.07, 6.45) is 29.9. The predicted molar refractivity (Wildman–Crippen MR) is 175 cm³/mol. The molecule has 0 N–H and O–H groups in total. The number of unbranched alkanes of at least 4 members (excludes halogenated alkanes) is 11. The second kappa shape index (κ2) is 15.7. The fraction of sp³-hybridized carbons (Fsp3) is 0.821. The summed E-state index contributed by atoms with van der Waals surface area (Å²) in [5.74, 6) is 1.81. The molecule has 2 bridgehead atoms. The number of rotatable bonds is 18. The molecular formula is C39H60O5. The van der Waals surface area contributed by atoms with Gasteiger partial charge in [-0.3, -0.25) is 14.4 Å². The van der Waals surface area contributed by atoms with Gasteiger partial charge in [-0.05, 0) is 105 Å². The summed E-state index contributed by atoms with van der Waals surface area (Å²) >= 11 is 0. The molecule has 0 spiro atoms. The lowest BCUT2D eigenvalue weighted by Gasteiger charge is -2.56. The summed E-state index contributed by atoms with van der Waals surface area (Å²) in [6.45, 7) is 5.32. The molecular weight excluding hydrogens is 548 g/mol. The van der Waals surface area contributed by atoms with Crippen molar-refractivity contribution in [2.45, 2.75) is 155 Å². The standard InChI is InChI=1S/C39H60O5/c1-3-4-5-6-7-8-9-10-11-12-13-14-15-16-17-18-37(42)43-27-35(41)33-20-19-31-30-26-36-34-25-29(40)21-24-39(34,28-44-36)32(30)22-23-38(31,33)2/h10-11,25,30-33,36H,3-9,12-24,26-28H2,1-2H3/b11-10+/t30?,31?,32?,33-,36?,38+,39+/m1/s1. The topological polar surface area (TPSA) is 69.7 Å². The van der Waals surface area contributed by atoms with Crippen LogP contribution in [0, 0.1) is 34.5 Å². The van der Waals surface area contributed by atoms with E-state index in [1.54, 1.807) is 0 Å². The van der Waals surface area contributed by atoms with Gasteiger partial charge >= 0.3 is 5.97 Å². The molecule has 4 aliphatic carbocycles. The molecule has 5 heteroatoms. The Bertz CT molecular complexity index is 1060. The third-order valence-electron chi connectivity index (χ3n) is 12.6. The van der Waals surface area contributed by atoms with Crippen LogP contribution in [-0.2, 0) is 23.9 Å². The highest BCUT2D eigenvalue weighted by Crippen LogP contribution is 2.68. The number of Topliss-reactive ketones (excluding diaryl/α,β-unsaturated/α-hetero) is 1. The lowest BCUT2D eigenvalue weighted by atomic mass is 9.46. The molecule has 0 aromatic rings. The maximum Gasteiger partial charge on any atom is 0.306 e. The largest absolute Gasteiger partial charge is 0.458 e. The van der Waals surface area contributed by atoms with Gasteiger partial charge in [0.1, 0.15) is 6.61 Å². The van der Waals surface area contributed by atoms with Crippen LogP contribution in [0.1, 0.15) is 149 Å². The van der Waals surface area contributed by atoms with Crippen molar-refractivity contribution >= 4 is 17.5 Å². The normalized spacial score (nSPS) is 34.0. The Morgan fingerprint density at radius 3 is 2.36 bits per heavy atom. The summed E-state index contributed by atoms with van der Waals surface area (Å²) < 4.78 is 11.9. The first-order valence-corrected chi connectivity index (χ1v) is 18.6. The maximum absolute atomic E-state index is 13.4. The number of allylic oxidation sites excluding steroid dienone is 2. The number of fused-ring (bicyclic) bond motifs is 3. The molecule has 3 saturated carbocycles. The molecule has 44 heavy (non-hydrogen) atoms. The van der Waals surface area contributed by atoms with E-state index < -0.39 is 0 Å². The third kappa shape index (κ3) is 7.45. The zero-order chi connectivity index (χ0) is 31.0. The highest BCUT2D eigenvalue weighted by Gasteiger charge is 2.65. The van der Waals surface area contributed by atoms with Crippen LogP contribution in [0.25, 0.3) is 0 Å². The Labute approximate surface area is 267 Å². The Balaban J connectivity index is 0.955. The van der Waals surface area contributed by atoms with Gasteiger partial charge in [0.2, 0.25) is 0 Å². The molecule has 246 valence electrons. The van der Waals surface area contributed by atoms with Gasteiger partial charge in [0.25, 0.3) is 0 Å². The Morgan fingerprint density at radius 1 is 0.909 bits per heavy atom. The van der Waals surface area contributed by atoms with Gasteiger partial charge < -0.3 is 9.47 Å². The van der Waals surface area contributed by atoms with E-state index in [0.29, 0.717) is 30.6 Å². The first kappa shape index (κ1) is 33.6. The fourth-order valence-corrected chi connectivity index (χ4v) is 10.2. The Hall–Kier alpha value is -1.75. The second-order valence-corrected chi connectivity index (χ2v) is 15.3. The minimum atomic E-state index is -0.217. The lowest BCUT2D eigenvalue weighted by Crippen LogP contribution is -2.53. The number of carbonyl (C=O) groups is 3. The smallest absolute Gasteiger partial charge is 0.306 e. The van der Waals surface area contributed by atoms with Gasteiger partial charge in [0, 0.05) is 24.2 Å². The van der Waals surface area contributed by atoms with E-state index in [4.69, 9.17) is 9.47 Å². The van der Waals surface area contributed by atoms with E-state index in [1.165, 1.54) is 63.4 Å². The van der Waals surface area contributed by atoms with Crippen LogP contribution in [-0.4, -0.2) is 36.9 Å². The molecule has 0 aromatic heterocycles. The molecule has 5 aliphatic rings. The van der Waals surface area contributed by atoms with E-state index in [-0.39, 0.29) is 47.0 Å². The van der Waals surface area contributed by atoms with Crippen LogP contribution < -0.4 is 0 Å². The van der Waals surface area contributed by atoms with Crippen molar-refractivity contribution < 1.29 is 23.9 Å². The van der Waals surface area contributed by atoms with Crippen molar-refractivity contribution in [2.24, 2.45) is 34.5 Å². The molecule has 0 amide bonds. The second-order valence-electron chi connectivity index (χ2n) is 15.3. The molecule has 1 aliphatic heterocycles. The van der Waals surface area contributed by atoms with E-state index in [1.807, 2.05) is 6.08 Å². The molecule has 5 nitrogen and oxygen atoms in total. The molecule has 5 rings (SSSR count). The van der Waals surface area contributed by atoms with Crippen molar-refractivity contribution in [1.82, 2.24) is 0 Å². The summed E-state index contributed by atoms with van der Waals surface area (Å²) in [6, 6.07) is 0. The molecule has 1 heterocycles. The Morgan fingerprint density at radius 2 is 1.61 bits per heavy atom. The van der Waals surface area contributed by atoms with Crippen LogP contribution in [0.15, 0.2) is 23.8 Å². The van der Waals surface area contributed by atoms with Crippen LogP contribution in [0.3, 0.4) is 0 Å². The third-order valence-corrected chi connectivity index (χ3v) is 12.6. The average Bonchev–Trinajstić information content (AvgIpc) is 3.51. The van der Waals surface area contributed by atoms with Gasteiger partial charge in [0.15, 0.2) is 11.6 Å². The monoisotopic (exact) mass is 608 g/mol. The fourth-order valence-electron chi connectivity index (χ4n) is 10.2. The van der Waals surface area contributed by atoms with Crippen LogP contribution in [0.4, 0.5) is 0 Å². The molecule has 4 unspecified atom stereocenters. The van der Waals surface area contributed by atoms with Gasteiger partial charge in [0.05, 0.1) is 12.7 Å². The highest BCUT2D eigenvalue weighted by atomic mass is 16.5. The molecule has 7 atom stereocenters. The average molecular weight is 609 g/mol. The quantitative estimate of drug-likeness (QED) is 0.0881. The van der Waals surface area contributed by atoms with Crippen LogP contribution >= 0.6 is 0 Å². The van der Waals surface area contributed by atoms with E-state index >= 15 is 0 Å². The number of ketones is 2. The number of hydrogen-bond acceptors (Lipinski definition) is 5. The van der Waals surface area contributed by atoms with Crippen LogP contribution in [0.5, 0.6) is 0 Å². The summed E-state index contributed by atoms with van der Waals surface area (Å²) in [5.41, 5.74) is 1.34. The van der Waals surface area contributed by atoms with Gasteiger partial charge in [-0.15, -0.1) is 0 Å². The van der Waals surface area contributed by atoms with Gasteiger partial charge in [-0.25, -0.2) is 0 Å². The lowest BCUT2D eigenvalue weighted by molar-refractivity contribution is -0.151. The summed E-state index contributed by atoms with van der Waals surface area (Å²) in [5, 5.41) is 0. The van der Waals surface area contributed by atoms with E-state index in [2.05, 4.69) is 26.0 Å². The first-order chi connectivity index (χ1) is 21.4. The van der Waals surface area contributed by atoms with E-state index in [0.717, 1.165) is 70.8 Å². The SMILES string of the molecule is CCCCCCCC/C=C/CCCCCCCC(=O)OCC(=O)[C@H]1CCC2C3CC4OC[C@@]5(CCC(=O)C=C45)C3CC[C@@]21C. The highest BCUT2D eigenvalue weighted by molar-refractivity contribution is 5.92. The zero-order valence-electron chi connectivity index (χ0n) is 27.9. The maximum atomic E-state index is 13.4. The zero-order valence-corrected chi connectivity index (χ0v) is 27.9. The van der Waals surface area contributed by atoms with Crippen molar-refractivity contribution in [1.29, 1.82) is 0 Å². The minimum absolute atomic E-state index is 0.0120. The van der Waals surface area contributed by atoms with Crippen molar-refractivity contribution in [3.63, 3.8) is 0 Å². The van der Waals surface area contributed by atoms with Crippen molar-refractivity contribution in [2.75, 3.05) is 13.2 Å². The van der Waals surface area contributed by atoms with Crippen molar-refractivity contribution in [3.8, 4) is 0 Å². The first-order valence-electron chi connectivity index (χ1n) is 18.6. The molecule has 1 saturated heterocycles. The minimum Gasteiger partial charge on any atom is -0.458 e. The number of carbonyl (C=O) groups excluding carboxylic acids is 3. The number of hydrogen-bond donors (Lipinski definition) is 0.